The maximum Gasteiger partial charge on any atom is 0.405 e. The Kier molecular flexibility index (Phi) is 4.59. The first-order chi connectivity index (χ1) is 9.72. The molecule has 1 N–H and O–H groups in total. The third kappa shape index (κ3) is 3.74. The minimum Gasteiger partial charge on any atom is -0.342 e. The maximum absolute atomic E-state index is 12.4. The summed E-state index contributed by atoms with van der Waals surface area (Å²) in [7, 11) is -3.82. The van der Waals surface area contributed by atoms with Crippen LogP contribution in [0.25, 0.3) is 0 Å². The molecule has 1 fully saturated rings. The normalized spacial score (nSPS) is 17.1. The Morgan fingerprint density at radius 2 is 1.95 bits per heavy atom. The van der Waals surface area contributed by atoms with Crippen molar-refractivity contribution in [3.63, 3.8) is 0 Å². The van der Waals surface area contributed by atoms with E-state index in [2.05, 4.69) is 0 Å². The molecule has 2 heterocycles. The fourth-order valence-electron chi connectivity index (χ4n) is 1.99. The number of rotatable bonds is 4. The third-order valence-corrected chi connectivity index (χ3v) is 5.95. The van der Waals surface area contributed by atoms with Crippen LogP contribution in [-0.2, 0) is 10.0 Å². The van der Waals surface area contributed by atoms with Gasteiger partial charge in [0.15, 0.2) is 0 Å². The molecule has 1 aliphatic heterocycles. The van der Waals surface area contributed by atoms with Gasteiger partial charge in [-0.1, -0.05) is 0 Å². The van der Waals surface area contributed by atoms with E-state index < -0.39 is 28.7 Å². The van der Waals surface area contributed by atoms with E-state index in [1.54, 1.807) is 5.32 Å². The molecule has 1 aromatic rings. The molecule has 0 unspecified atom stereocenters. The molecule has 0 atom stereocenters. The Hall–Kier alpha value is -1.13. The number of carbonyl (C=O) groups excluding carboxylic acids is 1. The first-order valence-corrected chi connectivity index (χ1v) is 8.46. The average Bonchev–Trinajstić information content (AvgIpc) is 3.05. The van der Waals surface area contributed by atoms with Gasteiger partial charge in [0.2, 0.25) is 10.0 Å². The topological polar surface area (TPSA) is 66.5 Å². The zero-order valence-electron chi connectivity index (χ0n) is 10.8. The molecule has 1 amide bonds. The molecular weight excluding hydrogens is 329 g/mol. The Bertz CT molecular complexity index is 619. The number of carbonyl (C=O) groups is 1. The molecule has 2 rings (SSSR count). The van der Waals surface area contributed by atoms with Crippen LogP contribution in [0.3, 0.4) is 0 Å². The molecule has 1 aromatic heterocycles. The minimum atomic E-state index is -4.54. The van der Waals surface area contributed by atoms with Gasteiger partial charge >= 0.3 is 6.18 Å². The summed E-state index contributed by atoms with van der Waals surface area (Å²) in [5.74, 6) is -1.03. The first kappa shape index (κ1) is 16.2. The first-order valence-electron chi connectivity index (χ1n) is 6.14. The third-order valence-electron chi connectivity index (χ3n) is 2.97. The Morgan fingerprint density at radius 1 is 1.33 bits per heavy atom. The number of sulfonamides is 1. The van der Waals surface area contributed by atoms with Crippen molar-refractivity contribution in [1.29, 1.82) is 0 Å². The van der Waals surface area contributed by atoms with E-state index in [0.29, 0.717) is 13.1 Å². The second-order valence-corrected chi connectivity index (χ2v) is 7.35. The lowest BCUT2D eigenvalue weighted by molar-refractivity contribution is -0.123. The quantitative estimate of drug-likeness (QED) is 0.908. The number of amides is 1. The molecule has 1 aliphatic rings. The van der Waals surface area contributed by atoms with Crippen molar-refractivity contribution in [2.45, 2.75) is 23.9 Å². The second-order valence-electron chi connectivity index (χ2n) is 4.52. The monoisotopic (exact) mass is 342 g/mol. The predicted octanol–water partition coefficient (Wildman–Crippen LogP) is 1.82. The van der Waals surface area contributed by atoms with Crippen molar-refractivity contribution in [2.24, 2.45) is 0 Å². The zero-order valence-corrected chi connectivity index (χ0v) is 12.4. The highest BCUT2D eigenvalue weighted by Crippen LogP contribution is 2.27. The summed E-state index contributed by atoms with van der Waals surface area (Å²) in [5, 5.41) is 3.07. The van der Waals surface area contributed by atoms with Gasteiger partial charge in [-0.2, -0.15) is 17.5 Å². The van der Waals surface area contributed by atoms with Crippen molar-refractivity contribution in [1.82, 2.24) is 9.62 Å². The van der Waals surface area contributed by atoms with Crippen LogP contribution in [0.15, 0.2) is 16.3 Å². The van der Waals surface area contributed by atoms with E-state index in [-0.39, 0.29) is 9.77 Å². The lowest BCUT2D eigenvalue weighted by Gasteiger charge is -2.15. The summed E-state index contributed by atoms with van der Waals surface area (Å²) < 4.78 is 62.3. The van der Waals surface area contributed by atoms with Gasteiger partial charge < -0.3 is 5.32 Å². The molecule has 0 aromatic carbocycles. The number of hydrogen-bond donors (Lipinski definition) is 1. The molecule has 0 saturated carbocycles. The van der Waals surface area contributed by atoms with Crippen LogP contribution in [0.2, 0.25) is 0 Å². The van der Waals surface area contributed by atoms with Gasteiger partial charge in [0.25, 0.3) is 5.91 Å². The van der Waals surface area contributed by atoms with Crippen LogP contribution in [0, 0.1) is 0 Å². The van der Waals surface area contributed by atoms with Gasteiger partial charge in [-0.3, -0.25) is 4.79 Å². The molecule has 1 saturated heterocycles. The molecular formula is C11H13F3N2O3S2. The molecule has 0 radical (unpaired) electrons. The van der Waals surface area contributed by atoms with Crippen molar-refractivity contribution in [3.05, 3.63) is 16.3 Å². The highest BCUT2D eigenvalue weighted by atomic mass is 32.2. The molecule has 5 nitrogen and oxygen atoms in total. The van der Waals surface area contributed by atoms with Crippen molar-refractivity contribution >= 4 is 27.3 Å². The van der Waals surface area contributed by atoms with Crippen LogP contribution in [0.1, 0.15) is 22.5 Å². The fraction of sp³-hybridized carbons (Fsp3) is 0.545. The predicted molar refractivity (Wildman–Crippen MR) is 70.7 cm³/mol. The lowest BCUT2D eigenvalue weighted by atomic mass is 10.4. The van der Waals surface area contributed by atoms with Crippen LogP contribution in [0.5, 0.6) is 0 Å². The number of alkyl halides is 3. The van der Waals surface area contributed by atoms with Gasteiger partial charge in [0.05, 0.1) is 0 Å². The molecule has 21 heavy (non-hydrogen) atoms. The van der Waals surface area contributed by atoms with Crippen LogP contribution < -0.4 is 5.32 Å². The number of hydrogen-bond acceptors (Lipinski definition) is 4. The van der Waals surface area contributed by atoms with Crippen molar-refractivity contribution in [3.8, 4) is 0 Å². The lowest BCUT2D eigenvalue weighted by Crippen LogP contribution is -2.35. The largest absolute Gasteiger partial charge is 0.405 e. The second kappa shape index (κ2) is 5.93. The SMILES string of the molecule is O=C(NCC(F)(F)F)c1sccc1S(=O)(=O)N1CCCC1. The summed E-state index contributed by atoms with van der Waals surface area (Å²) in [6, 6.07) is 1.25. The minimum absolute atomic E-state index is 0.217. The van der Waals surface area contributed by atoms with E-state index >= 15 is 0 Å². The zero-order chi connectivity index (χ0) is 15.7. The Balaban J connectivity index is 2.20. The summed E-state index contributed by atoms with van der Waals surface area (Å²) in [6.45, 7) is -0.767. The maximum atomic E-state index is 12.4. The smallest absolute Gasteiger partial charge is 0.342 e. The molecule has 0 bridgehead atoms. The highest BCUT2D eigenvalue weighted by Gasteiger charge is 2.33. The molecule has 118 valence electrons. The van der Waals surface area contributed by atoms with E-state index in [1.165, 1.54) is 15.8 Å². The number of nitrogens with zero attached hydrogens (tertiary/aromatic N) is 1. The van der Waals surface area contributed by atoms with Gasteiger partial charge in [0, 0.05) is 13.1 Å². The molecule has 10 heteroatoms. The summed E-state index contributed by atoms with van der Waals surface area (Å²) in [6.07, 6.45) is -3.07. The van der Waals surface area contributed by atoms with Gasteiger partial charge in [0.1, 0.15) is 16.3 Å². The highest BCUT2D eigenvalue weighted by molar-refractivity contribution is 7.89. The van der Waals surface area contributed by atoms with Gasteiger partial charge in [-0.15, -0.1) is 11.3 Å². The molecule has 0 spiro atoms. The van der Waals surface area contributed by atoms with Crippen LogP contribution in [-0.4, -0.2) is 44.4 Å². The summed E-state index contributed by atoms with van der Waals surface area (Å²) in [5.41, 5.74) is 0. The number of thiophene rings is 1. The Labute approximate surface area is 123 Å². The Morgan fingerprint density at radius 3 is 2.52 bits per heavy atom. The number of halogens is 3. The van der Waals surface area contributed by atoms with Gasteiger partial charge in [-0.05, 0) is 24.3 Å². The van der Waals surface area contributed by atoms with Crippen LogP contribution >= 0.6 is 11.3 Å². The van der Waals surface area contributed by atoms with Crippen molar-refractivity contribution < 1.29 is 26.4 Å². The van der Waals surface area contributed by atoms with Crippen LogP contribution in [0.4, 0.5) is 13.2 Å². The summed E-state index contributed by atoms with van der Waals surface area (Å²) >= 11 is 0.809. The standard InChI is InChI=1S/C11H13F3N2O3S2/c12-11(13,14)7-15-10(17)9-8(3-6-20-9)21(18,19)16-4-1-2-5-16/h3,6H,1-2,4-5,7H2,(H,15,17). The van der Waals surface area contributed by atoms with E-state index in [9.17, 15) is 26.4 Å². The number of nitrogens with one attached hydrogen (secondary N) is 1. The molecule has 0 aliphatic carbocycles. The van der Waals surface area contributed by atoms with E-state index in [0.717, 1.165) is 24.2 Å². The fourth-order valence-corrected chi connectivity index (χ4v) is 4.83. The summed E-state index contributed by atoms with van der Waals surface area (Å²) in [4.78, 5) is 11.3. The van der Waals surface area contributed by atoms with Gasteiger partial charge in [-0.25, -0.2) is 8.42 Å². The van der Waals surface area contributed by atoms with E-state index in [4.69, 9.17) is 0 Å². The average molecular weight is 342 g/mol. The van der Waals surface area contributed by atoms with Crippen molar-refractivity contribution in [2.75, 3.05) is 19.6 Å². The van der Waals surface area contributed by atoms with E-state index in [1.807, 2.05) is 0 Å².